The van der Waals surface area contributed by atoms with E-state index in [0.29, 0.717) is 11.0 Å². The van der Waals surface area contributed by atoms with Crippen LogP contribution in [0.25, 0.3) is 11.4 Å². The fourth-order valence-electron chi connectivity index (χ4n) is 2.93. The number of aryl methyl sites for hydroxylation is 1. The van der Waals surface area contributed by atoms with Crippen LogP contribution in [0.3, 0.4) is 0 Å². The molecule has 1 aromatic heterocycles. The molecule has 0 spiro atoms. The van der Waals surface area contributed by atoms with Gasteiger partial charge in [-0.2, -0.15) is 0 Å². The minimum absolute atomic E-state index is 0.0549. The number of thioether (sulfide) groups is 1. The van der Waals surface area contributed by atoms with E-state index in [1.165, 1.54) is 11.8 Å². The lowest BCUT2D eigenvalue weighted by atomic mass is 10.1. The number of nitrogens with zero attached hydrogens (tertiary/aromatic N) is 3. The Balaban J connectivity index is 1.72. The zero-order chi connectivity index (χ0) is 20.8. The fourth-order valence-corrected chi connectivity index (χ4v) is 3.68. The van der Waals surface area contributed by atoms with Crippen molar-refractivity contribution in [3.63, 3.8) is 0 Å². The first-order valence-electron chi connectivity index (χ1n) is 9.19. The highest BCUT2D eigenvalue weighted by atomic mass is 32.2. The van der Waals surface area contributed by atoms with Crippen LogP contribution in [0.4, 0.5) is 0 Å². The molecule has 0 aliphatic heterocycles. The smallest absolute Gasteiger partial charge is 0.237 e. The highest BCUT2D eigenvalue weighted by Crippen LogP contribution is 2.24. The Hall–Kier alpha value is -3.13. The lowest BCUT2D eigenvalue weighted by Crippen LogP contribution is -2.28. The molecule has 29 heavy (non-hydrogen) atoms. The summed E-state index contributed by atoms with van der Waals surface area (Å²) in [7, 11) is 0. The second-order valence-corrected chi connectivity index (χ2v) is 7.66. The van der Waals surface area contributed by atoms with Crippen molar-refractivity contribution in [3.8, 4) is 11.4 Å². The van der Waals surface area contributed by atoms with Crippen LogP contribution in [0, 0.1) is 6.92 Å². The predicted octanol–water partition coefficient (Wildman–Crippen LogP) is 2.71. The number of primary amides is 1. The lowest BCUT2D eigenvalue weighted by Gasteiger charge is -2.14. The van der Waals surface area contributed by atoms with E-state index in [9.17, 15) is 9.59 Å². The minimum Gasteiger partial charge on any atom is -0.368 e. The quantitative estimate of drug-likeness (QED) is 0.557. The van der Waals surface area contributed by atoms with Crippen LogP contribution in [0.1, 0.15) is 24.1 Å². The lowest BCUT2D eigenvalue weighted by molar-refractivity contribution is -0.119. The van der Waals surface area contributed by atoms with Crippen molar-refractivity contribution in [1.82, 2.24) is 20.1 Å². The van der Waals surface area contributed by atoms with Crippen molar-refractivity contribution in [1.29, 1.82) is 0 Å². The Morgan fingerprint density at radius 2 is 1.90 bits per heavy atom. The number of nitrogens with two attached hydrogens (primary N) is 1. The molecule has 7 nitrogen and oxygen atoms in total. The molecule has 1 unspecified atom stereocenters. The van der Waals surface area contributed by atoms with Gasteiger partial charge in [0.05, 0.1) is 11.8 Å². The van der Waals surface area contributed by atoms with Gasteiger partial charge in [0.25, 0.3) is 0 Å². The van der Waals surface area contributed by atoms with E-state index < -0.39 is 5.91 Å². The summed E-state index contributed by atoms with van der Waals surface area (Å²) >= 11 is 1.22. The topological polar surface area (TPSA) is 103 Å². The van der Waals surface area contributed by atoms with Crippen molar-refractivity contribution < 1.29 is 9.59 Å². The molecule has 3 aromatic rings. The average Bonchev–Trinajstić information content (AvgIpc) is 3.09. The number of carbonyl (C=O) groups is 2. The Kier molecular flexibility index (Phi) is 6.66. The summed E-state index contributed by atoms with van der Waals surface area (Å²) in [6.45, 7) is 3.86. The molecule has 0 radical (unpaired) electrons. The van der Waals surface area contributed by atoms with Crippen molar-refractivity contribution in [2.24, 2.45) is 5.73 Å². The van der Waals surface area contributed by atoms with Crippen LogP contribution in [-0.2, 0) is 16.1 Å². The molecule has 2 amide bonds. The molecule has 0 saturated carbocycles. The molecule has 3 rings (SSSR count). The van der Waals surface area contributed by atoms with Crippen LogP contribution in [0.2, 0.25) is 0 Å². The standard InChI is InChI=1S/C21H23N5O2S/c1-14-7-6-10-17(11-14)20-24-25-21(26(20)12-18(22)27)29-13-19(28)23-15(2)16-8-4-3-5-9-16/h3-11,15H,12-13H2,1-2H3,(H2,22,27)(H,23,28). The monoisotopic (exact) mass is 409 g/mol. The molecule has 0 bridgehead atoms. The number of hydrogen-bond acceptors (Lipinski definition) is 5. The van der Waals surface area contributed by atoms with Crippen LogP contribution in [0.15, 0.2) is 59.8 Å². The molecule has 0 fully saturated rings. The maximum absolute atomic E-state index is 12.4. The molecule has 0 saturated heterocycles. The minimum atomic E-state index is -0.497. The van der Waals surface area contributed by atoms with Crippen molar-refractivity contribution in [2.75, 3.05) is 5.75 Å². The van der Waals surface area contributed by atoms with Gasteiger partial charge in [0, 0.05) is 5.56 Å². The van der Waals surface area contributed by atoms with Gasteiger partial charge in [-0.25, -0.2) is 0 Å². The molecule has 1 atom stereocenters. The van der Waals surface area contributed by atoms with E-state index in [1.807, 2.05) is 68.4 Å². The van der Waals surface area contributed by atoms with Crippen molar-refractivity contribution in [2.45, 2.75) is 31.6 Å². The first-order valence-corrected chi connectivity index (χ1v) is 10.2. The number of carbonyl (C=O) groups excluding carboxylic acids is 2. The van der Waals surface area contributed by atoms with E-state index in [4.69, 9.17) is 5.73 Å². The molecular weight excluding hydrogens is 386 g/mol. The molecule has 150 valence electrons. The van der Waals surface area contributed by atoms with Crippen molar-refractivity contribution in [3.05, 3.63) is 65.7 Å². The Labute approximate surface area is 173 Å². The number of amides is 2. The van der Waals surface area contributed by atoms with Crippen molar-refractivity contribution >= 4 is 23.6 Å². The molecule has 1 heterocycles. The highest BCUT2D eigenvalue weighted by molar-refractivity contribution is 7.99. The van der Waals surface area contributed by atoms with Crippen LogP contribution in [-0.4, -0.2) is 32.3 Å². The first kappa shape index (κ1) is 20.6. The van der Waals surface area contributed by atoms with Crippen LogP contribution >= 0.6 is 11.8 Å². The number of benzene rings is 2. The van der Waals surface area contributed by atoms with Gasteiger partial charge in [0.2, 0.25) is 11.8 Å². The Morgan fingerprint density at radius 3 is 2.59 bits per heavy atom. The molecule has 3 N–H and O–H groups in total. The maximum atomic E-state index is 12.4. The largest absolute Gasteiger partial charge is 0.368 e. The van der Waals surface area contributed by atoms with Gasteiger partial charge in [-0.1, -0.05) is 65.9 Å². The van der Waals surface area contributed by atoms with Gasteiger partial charge >= 0.3 is 0 Å². The number of hydrogen-bond donors (Lipinski definition) is 2. The number of aromatic nitrogens is 3. The predicted molar refractivity (Wildman–Crippen MR) is 113 cm³/mol. The van der Waals surface area contributed by atoms with Gasteiger partial charge in [0.1, 0.15) is 6.54 Å². The van der Waals surface area contributed by atoms with E-state index in [-0.39, 0.29) is 24.2 Å². The van der Waals surface area contributed by atoms with Gasteiger partial charge in [-0.15, -0.1) is 10.2 Å². The molecule has 0 aliphatic rings. The van der Waals surface area contributed by atoms with Crippen LogP contribution < -0.4 is 11.1 Å². The summed E-state index contributed by atoms with van der Waals surface area (Å²) in [4.78, 5) is 23.9. The van der Waals surface area contributed by atoms with Gasteiger partial charge in [-0.05, 0) is 25.5 Å². The van der Waals surface area contributed by atoms with E-state index in [2.05, 4.69) is 15.5 Å². The summed E-state index contributed by atoms with van der Waals surface area (Å²) in [5.41, 5.74) is 8.35. The molecular formula is C21H23N5O2S. The Bertz CT molecular complexity index is 1000. The van der Waals surface area contributed by atoms with E-state index in [0.717, 1.165) is 16.7 Å². The summed E-state index contributed by atoms with van der Waals surface area (Å²) in [6.07, 6.45) is 0. The normalized spacial score (nSPS) is 11.8. The highest BCUT2D eigenvalue weighted by Gasteiger charge is 2.18. The second-order valence-electron chi connectivity index (χ2n) is 6.72. The molecule has 8 heteroatoms. The van der Waals surface area contributed by atoms with E-state index >= 15 is 0 Å². The summed E-state index contributed by atoms with van der Waals surface area (Å²) < 4.78 is 1.65. The van der Waals surface area contributed by atoms with Gasteiger partial charge in [0.15, 0.2) is 11.0 Å². The van der Waals surface area contributed by atoms with Crippen LogP contribution in [0.5, 0.6) is 0 Å². The summed E-state index contributed by atoms with van der Waals surface area (Å²) in [5, 5.41) is 11.8. The summed E-state index contributed by atoms with van der Waals surface area (Å²) in [5.74, 6) is 0.0786. The summed E-state index contributed by atoms with van der Waals surface area (Å²) in [6, 6.07) is 17.4. The zero-order valence-electron chi connectivity index (χ0n) is 16.3. The van der Waals surface area contributed by atoms with Gasteiger partial charge < -0.3 is 11.1 Å². The van der Waals surface area contributed by atoms with Gasteiger partial charge in [-0.3, -0.25) is 14.2 Å². The molecule has 0 aliphatic carbocycles. The Morgan fingerprint density at radius 1 is 1.14 bits per heavy atom. The third kappa shape index (κ3) is 5.45. The maximum Gasteiger partial charge on any atom is 0.237 e. The third-order valence-electron chi connectivity index (χ3n) is 4.32. The zero-order valence-corrected chi connectivity index (χ0v) is 17.1. The third-order valence-corrected chi connectivity index (χ3v) is 5.28. The second kappa shape index (κ2) is 9.38. The first-order chi connectivity index (χ1) is 13.9. The number of nitrogens with one attached hydrogen (secondary N) is 1. The number of rotatable bonds is 8. The average molecular weight is 410 g/mol. The molecule has 2 aromatic carbocycles. The van der Waals surface area contributed by atoms with E-state index in [1.54, 1.807) is 4.57 Å². The SMILES string of the molecule is Cc1cccc(-c2nnc(SCC(=O)NC(C)c3ccccc3)n2CC(N)=O)c1. The fraction of sp³-hybridized carbons (Fsp3) is 0.238.